The van der Waals surface area contributed by atoms with Crippen LogP contribution in [0.4, 0.5) is 10.1 Å². The lowest BCUT2D eigenvalue weighted by molar-refractivity contribution is -0.123. The summed E-state index contributed by atoms with van der Waals surface area (Å²) >= 11 is 0. The van der Waals surface area contributed by atoms with Crippen LogP contribution in [0.25, 0.3) is 22.2 Å². The number of amides is 2. The largest absolute Gasteiger partial charge is 0.454 e. The Balaban J connectivity index is 1.16. The van der Waals surface area contributed by atoms with E-state index in [1.165, 1.54) is 29.2 Å². The normalized spacial score (nSPS) is 22.2. The lowest BCUT2D eigenvalue weighted by atomic mass is 9.85. The fourth-order valence-corrected chi connectivity index (χ4v) is 6.52. The molecule has 0 N–H and O–H groups in total. The molecule has 2 fully saturated rings. The summed E-state index contributed by atoms with van der Waals surface area (Å²) in [4.78, 5) is 58.3. The molecule has 4 unspecified atom stereocenters. The van der Waals surface area contributed by atoms with Gasteiger partial charge in [0.25, 0.3) is 0 Å². The second kappa shape index (κ2) is 9.83. The van der Waals surface area contributed by atoms with E-state index in [1.54, 1.807) is 30.3 Å². The average molecular weight is 561 g/mol. The Labute approximate surface area is 240 Å². The quantitative estimate of drug-likeness (QED) is 0.130. The van der Waals surface area contributed by atoms with E-state index < -0.39 is 24.2 Å². The van der Waals surface area contributed by atoms with Gasteiger partial charge in [-0.05, 0) is 79.8 Å². The number of pyridine rings is 1. The predicted molar refractivity (Wildman–Crippen MR) is 153 cm³/mol. The predicted octanol–water partition coefficient (Wildman–Crippen LogP) is 5.70. The minimum absolute atomic E-state index is 0.135. The zero-order valence-corrected chi connectivity index (χ0v) is 22.6. The summed E-state index contributed by atoms with van der Waals surface area (Å²) in [6, 6.07) is 19.2. The third-order valence-corrected chi connectivity index (χ3v) is 8.58. The number of anilines is 1. The van der Waals surface area contributed by atoms with Crippen molar-refractivity contribution in [3.63, 3.8) is 0 Å². The van der Waals surface area contributed by atoms with Crippen molar-refractivity contribution in [3.05, 3.63) is 107 Å². The van der Waals surface area contributed by atoms with Gasteiger partial charge in [-0.3, -0.25) is 19.3 Å². The Kier molecular flexibility index (Phi) is 6.08. The van der Waals surface area contributed by atoms with Gasteiger partial charge in [-0.25, -0.2) is 14.2 Å². The molecule has 7 nitrogen and oxygen atoms in total. The second-order valence-corrected chi connectivity index (χ2v) is 11.1. The van der Waals surface area contributed by atoms with Gasteiger partial charge in [0.05, 0.1) is 34.3 Å². The molecule has 3 aromatic carbocycles. The fourth-order valence-electron chi connectivity index (χ4n) is 6.52. The summed E-state index contributed by atoms with van der Waals surface area (Å²) in [6.07, 6.45) is 5.01. The van der Waals surface area contributed by atoms with Gasteiger partial charge in [0.2, 0.25) is 11.8 Å². The Morgan fingerprint density at radius 2 is 1.57 bits per heavy atom. The van der Waals surface area contributed by atoms with Crippen LogP contribution < -0.4 is 4.90 Å². The third-order valence-electron chi connectivity index (χ3n) is 8.58. The van der Waals surface area contributed by atoms with Crippen molar-refractivity contribution in [1.82, 2.24) is 4.98 Å². The number of rotatable bonds is 6. The van der Waals surface area contributed by atoms with Crippen LogP contribution >= 0.6 is 0 Å². The van der Waals surface area contributed by atoms with Gasteiger partial charge >= 0.3 is 5.97 Å². The van der Waals surface area contributed by atoms with Gasteiger partial charge in [-0.2, -0.15) is 0 Å². The van der Waals surface area contributed by atoms with Crippen LogP contribution in [0.2, 0.25) is 0 Å². The molecule has 2 bridgehead atoms. The molecule has 1 aliphatic heterocycles. The van der Waals surface area contributed by atoms with Crippen LogP contribution in [0.15, 0.2) is 84.9 Å². The molecule has 208 valence electrons. The van der Waals surface area contributed by atoms with Gasteiger partial charge < -0.3 is 4.74 Å². The molecule has 1 saturated carbocycles. The Bertz CT molecular complexity index is 1800. The van der Waals surface area contributed by atoms with E-state index >= 15 is 0 Å². The number of Topliss-reactive ketones (excluding diaryl/α,β-unsaturated/α-hetero) is 1. The van der Waals surface area contributed by atoms with E-state index in [4.69, 9.17) is 9.72 Å². The molecule has 42 heavy (non-hydrogen) atoms. The number of aromatic nitrogens is 1. The first-order valence-electron chi connectivity index (χ1n) is 13.8. The third kappa shape index (κ3) is 4.22. The minimum atomic E-state index is -0.690. The number of fused-ring (bicyclic) bond motifs is 6. The highest BCUT2D eigenvalue weighted by Crippen LogP contribution is 2.53. The van der Waals surface area contributed by atoms with Crippen LogP contribution in [0.3, 0.4) is 0 Å². The number of hydrogen-bond acceptors (Lipinski definition) is 6. The molecule has 7 rings (SSSR count). The first kappa shape index (κ1) is 26.0. The molecule has 0 radical (unpaired) electrons. The molecule has 3 aliphatic rings. The smallest absolute Gasteiger partial charge is 0.339 e. The molecular formula is C34H25FN2O5. The number of halogens is 1. The van der Waals surface area contributed by atoms with Crippen LogP contribution in [-0.2, 0) is 14.3 Å². The standard InChI is InChI=1S/C34H25FN2O5/c1-18-2-13-27-25(14-18)26(34(41)42-17-29(38)20-5-9-23(35)10-6-20)16-28(36-27)19-7-11-24(12-8-19)37-32(39)30-21-3-4-22(15-21)31(30)33(37)40/h2-14,16,21-22,30-31H,15,17H2,1H3. The number of nitrogens with zero attached hydrogens (tertiary/aromatic N) is 2. The van der Waals surface area contributed by atoms with E-state index in [0.717, 1.165) is 12.0 Å². The molecule has 1 aromatic heterocycles. The first-order valence-corrected chi connectivity index (χ1v) is 13.8. The van der Waals surface area contributed by atoms with Crippen LogP contribution in [0.1, 0.15) is 32.7 Å². The van der Waals surface area contributed by atoms with Crippen LogP contribution in [0, 0.1) is 36.4 Å². The number of aryl methyl sites for hydroxylation is 1. The summed E-state index contributed by atoms with van der Waals surface area (Å²) in [7, 11) is 0. The maximum atomic E-state index is 13.2. The number of ether oxygens (including phenoxy) is 1. The summed E-state index contributed by atoms with van der Waals surface area (Å²) in [6.45, 7) is 1.40. The second-order valence-electron chi connectivity index (χ2n) is 11.1. The van der Waals surface area contributed by atoms with Crippen molar-refractivity contribution >= 4 is 40.2 Å². The van der Waals surface area contributed by atoms with Crippen LogP contribution in [0.5, 0.6) is 0 Å². The number of carbonyl (C=O) groups excluding carboxylic acids is 4. The van der Waals surface area contributed by atoms with Gasteiger partial charge in [0, 0.05) is 16.5 Å². The Morgan fingerprint density at radius 3 is 2.24 bits per heavy atom. The monoisotopic (exact) mass is 560 g/mol. The number of carbonyl (C=O) groups is 4. The average Bonchev–Trinajstić information content (AvgIpc) is 3.69. The molecule has 4 aromatic rings. The van der Waals surface area contributed by atoms with Crippen molar-refractivity contribution in [2.45, 2.75) is 13.3 Å². The highest BCUT2D eigenvalue weighted by molar-refractivity contribution is 6.22. The zero-order chi connectivity index (χ0) is 29.1. The number of benzene rings is 3. The van der Waals surface area contributed by atoms with Crippen molar-refractivity contribution in [2.75, 3.05) is 11.5 Å². The van der Waals surface area contributed by atoms with Gasteiger partial charge in [0.1, 0.15) is 5.82 Å². The molecule has 4 atom stereocenters. The molecule has 2 amide bonds. The summed E-state index contributed by atoms with van der Waals surface area (Å²) < 4.78 is 18.6. The molecule has 0 spiro atoms. The van der Waals surface area contributed by atoms with E-state index in [-0.39, 0.29) is 46.6 Å². The SMILES string of the molecule is Cc1ccc2nc(-c3ccc(N4C(=O)C5C6C=CC(C6)C5C4=O)cc3)cc(C(=O)OCC(=O)c3ccc(F)cc3)c2c1. The van der Waals surface area contributed by atoms with E-state index in [1.807, 2.05) is 25.1 Å². The highest BCUT2D eigenvalue weighted by atomic mass is 19.1. The number of imide groups is 1. The molecule has 2 aliphatic carbocycles. The minimum Gasteiger partial charge on any atom is -0.454 e. The van der Waals surface area contributed by atoms with Crippen molar-refractivity contribution in [1.29, 1.82) is 0 Å². The highest BCUT2D eigenvalue weighted by Gasteiger charge is 2.59. The molecule has 2 heterocycles. The maximum absolute atomic E-state index is 13.2. The topological polar surface area (TPSA) is 93.6 Å². The lowest BCUT2D eigenvalue weighted by Gasteiger charge is -2.17. The summed E-state index contributed by atoms with van der Waals surface area (Å²) in [5.41, 5.74) is 3.66. The lowest BCUT2D eigenvalue weighted by Crippen LogP contribution is -2.32. The molecule has 8 heteroatoms. The fraction of sp³-hybridized carbons (Fsp3) is 0.206. The van der Waals surface area contributed by atoms with Gasteiger partial charge in [0.15, 0.2) is 12.4 Å². The van der Waals surface area contributed by atoms with Crippen LogP contribution in [-0.4, -0.2) is 35.2 Å². The van der Waals surface area contributed by atoms with E-state index in [9.17, 15) is 23.6 Å². The van der Waals surface area contributed by atoms with E-state index in [2.05, 4.69) is 12.2 Å². The van der Waals surface area contributed by atoms with Crippen molar-refractivity contribution in [2.24, 2.45) is 23.7 Å². The first-order chi connectivity index (χ1) is 20.3. The number of allylic oxidation sites excluding steroid dienone is 2. The van der Waals surface area contributed by atoms with Gasteiger partial charge in [-0.1, -0.05) is 35.9 Å². The van der Waals surface area contributed by atoms with Crippen molar-refractivity contribution < 1.29 is 28.3 Å². The van der Waals surface area contributed by atoms with Gasteiger partial charge in [-0.15, -0.1) is 0 Å². The van der Waals surface area contributed by atoms with Crippen molar-refractivity contribution in [3.8, 4) is 11.3 Å². The number of hydrogen-bond donors (Lipinski definition) is 0. The Hall–Kier alpha value is -4.98. The summed E-state index contributed by atoms with van der Waals surface area (Å²) in [5, 5.41) is 0.581. The number of ketones is 1. The zero-order valence-electron chi connectivity index (χ0n) is 22.6. The Morgan fingerprint density at radius 1 is 0.905 bits per heavy atom. The summed E-state index contributed by atoms with van der Waals surface area (Å²) in [5.74, 6) is -2.18. The molecule has 1 saturated heterocycles. The molecular weight excluding hydrogens is 535 g/mol. The number of esters is 1. The maximum Gasteiger partial charge on any atom is 0.339 e. The van der Waals surface area contributed by atoms with E-state index in [0.29, 0.717) is 27.8 Å².